The van der Waals surface area contributed by atoms with Gasteiger partial charge < -0.3 is 15.4 Å². The van der Waals surface area contributed by atoms with Crippen molar-refractivity contribution in [3.05, 3.63) is 69.6 Å². The number of carbonyl (C=O) groups is 2. The van der Waals surface area contributed by atoms with E-state index in [4.69, 9.17) is 4.74 Å². The van der Waals surface area contributed by atoms with E-state index < -0.39 is 6.04 Å². The molecule has 4 rings (SSSR count). The third-order valence-electron chi connectivity index (χ3n) is 5.93. The molecule has 0 bridgehead atoms. The van der Waals surface area contributed by atoms with Crippen molar-refractivity contribution in [1.29, 1.82) is 0 Å². The monoisotopic (exact) mass is 439 g/mol. The van der Waals surface area contributed by atoms with Crippen LogP contribution in [0.3, 0.4) is 0 Å². The Labute approximate surface area is 187 Å². The molecule has 2 aliphatic rings. The number of esters is 1. The summed E-state index contributed by atoms with van der Waals surface area (Å²) in [4.78, 5) is 28.5. The second-order valence-electron chi connectivity index (χ2n) is 8.07. The lowest BCUT2D eigenvalue weighted by atomic mass is 9.90. The number of benzene rings is 1. The molecular weight excluding hydrogens is 410 g/mol. The predicted molar refractivity (Wildman–Crippen MR) is 122 cm³/mol. The van der Waals surface area contributed by atoms with Crippen LogP contribution >= 0.6 is 11.3 Å². The molecule has 0 aliphatic carbocycles. The van der Waals surface area contributed by atoms with Crippen LogP contribution in [-0.2, 0) is 16.0 Å². The Balaban J connectivity index is 1.47. The van der Waals surface area contributed by atoms with Gasteiger partial charge in [0.05, 0.1) is 18.2 Å². The van der Waals surface area contributed by atoms with E-state index in [-0.39, 0.29) is 12.0 Å². The Morgan fingerprint density at radius 1 is 1.16 bits per heavy atom. The van der Waals surface area contributed by atoms with E-state index in [1.165, 1.54) is 16.9 Å². The fraction of sp³-hybridized carbons (Fsp3) is 0.417. The number of rotatable bonds is 7. The smallest absolute Gasteiger partial charge is 0.338 e. The minimum absolute atomic E-state index is 0.277. The summed E-state index contributed by atoms with van der Waals surface area (Å²) in [7, 11) is 0. The van der Waals surface area contributed by atoms with Crippen molar-refractivity contribution in [2.24, 2.45) is 5.92 Å². The molecule has 2 aromatic rings. The number of ether oxygens (including phenoxy) is 1. The van der Waals surface area contributed by atoms with E-state index in [0.717, 1.165) is 37.2 Å². The molecule has 2 N–H and O–H groups in total. The van der Waals surface area contributed by atoms with Crippen LogP contribution in [0.4, 0.5) is 4.79 Å². The highest BCUT2D eigenvalue weighted by Crippen LogP contribution is 2.31. The van der Waals surface area contributed by atoms with Crippen LogP contribution in [0.15, 0.2) is 59.1 Å². The van der Waals surface area contributed by atoms with Crippen LogP contribution in [0.5, 0.6) is 0 Å². The lowest BCUT2D eigenvalue weighted by Gasteiger charge is -2.35. The molecular formula is C24H29N3O3S. The summed E-state index contributed by atoms with van der Waals surface area (Å²) < 4.78 is 5.35. The van der Waals surface area contributed by atoms with Crippen LogP contribution in [-0.4, -0.2) is 43.1 Å². The molecule has 164 valence electrons. The molecule has 31 heavy (non-hydrogen) atoms. The Hall–Kier alpha value is -2.64. The van der Waals surface area contributed by atoms with Crippen LogP contribution in [0.25, 0.3) is 0 Å². The molecule has 2 aliphatic heterocycles. The summed E-state index contributed by atoms with van der Waals surface area (Å²) in [6.45, 7) is 4.53. The summed E-state index contributed by atoms with van der Waals surface area (Å²) in [6, 6.07) is 13.7. The van der Waals surface area contributed by atoms with Gasteiger partial charge >= 0.3 is 12.0 Å². The van der Waals surface area contributed by atoms with E-state index in [2.05, 4.69) is 45.9 Å². The topological polar surface area (TPSA) is 70.7 Å². The summed E-state index contributed by atoms with van der Waals surface area (Å²) in [5.41, 5.74) is 2.55. The first kappa shape index (κ1) is 21.6. The number of piperidine rings is 1. The van der Waals surface area contributed by atoms with Gasteiger partial charge in [0.15, 0.2) is 0 Å². The molecule has 1 saturated heterocycles. The van der Waals surface area contributed by atoms with Crippen LogP contribution in [0.1, 0.15) is 36.2 Å². The summed E-state index contributed by atoms with van der Waals surface area (Å²) in [5.74, 6) is 0.293. The van der Waals surface area contributed by atoms with Gasteiger partial charge in [-0.15, -0.1) is 11.3 Å². The highest BCUT2D eigenvalue weighted by molar-refractivity contribution is 7.10. The maximum atomic E-state index is 12.8. The van der Waals surface area contributed by atoms with Crippen LogP contribution in [0, 0.1) is 5.92 Å². The van der Waals surface area contributed by atoms with Crippen molar-refractivity contribution in [3.63, 3.8) is 0 Å². The lowest BCUT2D eigenvalue weighted by molar-refractivity contribution is -0.139. The highest BCUT2D eigenvalue weighted by Gasteiger charge is 2.35. The van der Waals surface area contributed by atoms with Gasteiger partial charge in [0, 0.05) is 17.1 Å². The minimum atomic E-state index is -0.474. The quantitative estimate of drug-likeness (QED) is 0.643. The second kappa shape index (κ2) is 10.1. The molecule has 6 nitrogen and oxygen atoms in total. The number of carbonyl (C=O) groups excluding carboxylic acids is 2. The van der Waals surface area contributed by atoms with E-state index in [0.29, 0.717) is 30.3 Å². The highest BCUT2D eigenvalue weighted by atomic mass is 32.1. The minimum Gasteiger partial charge on any atom is -0.463 e. The predicted octanol–water partition coefficient (Wildman–Crippen LogP) is 3.87. The first-order chi connectivity index (χ1) is 15.1. The molecule has 0 radical (unpaired) electrons. The summed E-state index contributed by atoms with van der Waals surface area (Å²) >= 11 is 1.52. The van der Waals surface area contributed by atoms with E-state index >= 15 is 0 Å². The third-order valence-corrected chi connectivity index (χ3v) is 6.87. The zero-order chi connectivity index (χ0) is 21.6. The first-order valence-electron chi connectivity index (χ1n) is 10.9. The molecule has 1 atom stereocenters. The van der Waals surface area contributed by atoms with Crippen molar-refractivity contribution in [2.45, 2.75) is 32.2 Å². The fourth-order valence-corrected chi connectivity index (χ4v) is 5.17. The number of hydrogen-bond acceptors (Lipinski definition) is 5. The zero-order valence-electron chi connectivity index (χ0n) is 17.8. The van der Waals surface area contributed by atoms with Gasteiger partial charge in [0.1, 0.15) is 0 Å². The van der Waals surface area contributed by atoms with Gasteiger partial charge in [0.25, 0.3) is 0 Å². The van der Waals surface area contributed by atoms with Crippen LogP contribution in [0.2, 0.25) is 0 Å². The van der Waals surface area contributed by atoms with Crippen LogP contribution < -0.4 is 10.6 Å². The van der Waals surface area contributed by atoms with Gasteiger partial charge in [0.2, 0.25) is 0 Å². The van der Waals surface area contributed by atoms with Gasteiger partial charge in [-0.1, -0.05) is 36.4 Å². The number of nitrogens with one attached hydrogen (secondary N) is 2. The van der Waals surface area contributed by atoms with Gasteiger partial charge in [-0.25, -0.2) is 9.59 Å². The number of nitrogens with zero attached hydrogens (tertiary/aromatic N) is 1. The Bertz CT molecular complexity index is 919. The number of hydrogen-bond donors (Lipinski definition) is 2. The maximum absolute atomic E-state index is 12.8. The molecule has 0 spiro atoms. The molecule has 1 aromatic heterocycles. The lowest BCUT2D eigenvalue weighted by Crippen LogP contribution is -2.49. The van der Waals surface area contributed by atoms with E-state index in [1.807, 2.05) is 17.5 Å². The normalized spacial score (nSPS) is 20.3. The molecule has 3 heterocycles. The Morgan fingerprint density at radius 3 is 2.61 bits per heavy atom. The number of thiophene rings is 1. The van der Waals surface area contributed by atoms with Gasteiger partial charge in [-0.3, -0.25) is 4.90 Å². The van der Waals surface area contributed by atoms with Crippen molar-refractivity contribution in [1.82, 2.24) is 15.5 Å². The molecule has 1 fully saturated rings. The summed E-state index contributed by atoms with van der Waals surface area (Å²) in [5, 5.41) is 7.73. The molecule has 1 unspecified atom stereocenters. The Morgan fingerprint density at radius 2 is 1.94 bits per heavy atom. The third kappa shape index (κ3) is 5.35. The largest absolute Gasteiger partial charge is 0.463 e. The van der Waals surface area contributed by atoms with Crippen molar-refractivity contribution >= 4 is 23.3 Å². The van der Waals surface area contributed by atoms with E-state index in [9.17, 15) is 9.59 Å². The van der Waals surface area contributed by atoms with Crippen molar-refractivity contribution < 1.29 is 14.3 Å². The molecule has 1 aromatic carbocycles. The van der Waals surface area contributed by atoms with Crippen molar-refractivity contribution in [3.8, 4) is 0 Å². The maximum Gasteiger partial charge on any atom is 0.338 e. The second-order valence-corrected chi connectivity index (χ2v) is 9.05. The first-order valence-corrected chi connectivity index (χ1v) is 11.8. The average molecular weight is 440 g/mol. The summed E-state index contributed by atoms with van der Waals surface area (Å²) in [6.07, 6.45) is 3.32. The number of urea groups is 1. The average Bonchev–Trinajstić information content (AvgIpc) is 3.30. The van der Waals surface area contributed by atoms with Gasteiger partial charge in [-0.2, -0.15) is 0 Å². The molecule has 0 saturated carbocycles. The van der Waals surface area contributed by atoms with Crippen molar-refractivity contribution in [2.75, 3.05) is 26.2 Å². The number of amides is 2. The molecule has 7 heteroatoms. The SMILES string of the molecule is CCOC(=O)C1=C(CN2CCC(Cc3ccccc3)CC2)NC(=O)NC1c1cccs1. The number of likely N-dealkylation sites (tertiary alicyclic amines) is 1. The van der Waals surface area contributed by atoms with E-state index in [1.54, 1.807) is 6.92 Å². The zero-order valence-corrected chi connectivity index (χ0v) is 18.6. The fourth-order valence-electron chi connectivity index (χ4n) is 4.38. The molecule has 2 amide bonds. The standard InChI is InChI=1S/C24H29N3O3S/c1-2-30-23(28)21-19(25-24(29)26-22(21)20-9-6-14-31-20)16-27-12-10-18(11-13-27)15-17-7-4-3-5-8-17/h3-9,14,18,22H,2,10-13,15-16H2,1H3,(H2,25,26,29). The van der Waals surface area contributed by atoms with Gasteiger partial charge in [-0.05, 0) is 62.2 Å². The Kier molecular flexibility index (Phi) is 7.04.